The highest BCUT2D eigenvalue weighted by Crippen LogP contribution is 2.28. The molecule has 0 unspecified atom stereocenters. The van der Waals surface area contributed by atoms with Crippen LogP contribution in [0.15, 0.2) is 43.0 Å². The fourth-order valence-corrected chi connectivity index (χ4v) is 2.90. The molecule has 1 aliphatic heterocycles. The van der Waals surface area contributed by atoms with Crippen LogP contribution in [0.2, 0.25) is 0 Å². The normalized spacial score (nSPS) is 14.3. The summed E-state index contributed by atoms with van der Waals surface area (Å²) in [6.45, 7) is 8.15. The fourth-order valence-electron chi connectivity index (χ4n) is 2.90. The zero-order valence-corrected chi connectivity index (χ0v) is 12.2. The van der Waals surface area contributed by atoms with Crippen LogP contribution in [0.1, 0.15) is 16.7 Å². The Balaban J connectivity index is 1.76. The van der Waals surface area contributed by atoms with Gasteiger partial charge in [-0.3, -0.25) is 4.68 Å². The lowest BCUT2D eigenvalue weighted by Crippen LogP contribution is -2.27. The van der Waals surface area contributed by atoms with Gasteiger partial charge in [0, 0.05) is 30.5 Å². The van der Waals surface area contributed by atoms with E-state index in [1.807, 2.05) is 23.1 Å². The molecule has 0 bridgehead atoms. The molecule has 20 heavy (non-hydrogen) atoms. The van der Waals surface area contributed by atoms with E-state index in [1.165, 1.54) is 22.4 Å². The summed E-state index contributed by atoms with van der Waals surface area (Å²) in [5.74, 6) is 0. The second-order valence-corrected chi connectivity index (χ2v) is 5.43. The Morgan fingerprint density at radius 1 is 1.10 bits per heavy atom. The van der Waals surface area contributed by atoms with Gasteiger partial charge < -0.3 is 9.80 Å². The van der Waals surface area contributed by atoms with Crippen molar-refractivity contribution in [3.8, 4) is 0 Å². The molecule has 4 heteroatoms. The first-order chi connectivity index (χ1) is 9.63. The van der Waals surface area contributed by atoms with Gasteiger partial charge in [0.05, 0.1) is 6.67 Å². The second kappa shape index (κ2) is 5.04. The Bertz CT molecular complexity index is 605. The Morgan fingerprint density at radius 2 is 1.85 bits per heavy atom. The average Bonchev–Trinajstić information content (AvgIpc) is 3.00. The van der Waals surface area contributed by atoms with E-state index in [9.17, 15) is 0 Å². The standard InChI is InChI=1S/C16H20N4/c1-13-9-14(2)16(15(3)10-13)19-8-7-18(11-19)12-20-6-4-5-17-20/h4-10H,11-12H2,1-3H3. The monoisotopic (exact) mass is 268 g/mol. The molecule has 1 aliphatic rings. The summed E-state index contributed by atoms with van der Waals surface area (Å²) >= 11 is 0. The Kier molecular flexibility index (Phi) is 3.22. The smallest absolute Gasteiger partial charge is 0.113 e. The minimum Gasteiger partial charge on any atom is -0.339 e. The van der Waals surface area contributed by atoms with Gasteiger partial charge in [0.1, 0.15) is 6.67 Å². The first-order valence-electron chi connectivity index (χ1n) is 6.88. The molecule has 2 heterocycles. The summed E-state index contributed by atoms with van der Waals surface area (Å²) in [5, 5.41) is 4.25. The molecule has 1 aromatic carbocycles. The van der Waals surface area contributed by atoms with Gasteiger partial charge >= 0.3 is 0 Å². The summed E-state index contributed by atoms with van der Waals surface area (Å²) in [5.41, 5.74) is 5.29. The second-order valence-electron chi connectivity index (χ2n) is 5.43. The molecule has 0 atom stereocenters. The first kappa shape index (κ1) is 12.8. The summed E-state index contributed by atoms with van der Waals surface area (Å²) in [6.07, 6.45) is 8.07. The maximum atomic E-state index is 4.25. The van der Waals surface area contributed by atoms with Crippen LogP contribution in [0.25, 0.3) is 0 Å². The quantitative estimate of drug-likeness (QED) is 0.855. The van der Waals surface area contributed by atoms with Crippen molar-refractivity contribution in [1.29, 1.82) is 0 Å². The number of nitrogens with zero attached hydrogens (tertiary/aromatic N) is 4. The summed E-state index contributed by atoms with van der Waals surface area (Å²) in [6, 6.07) is 6.44. The van der Waals surface area contributed by atoms with Crippen LogP contribution in [0.4, 0.5) is 5.69 Å². The molecule has 0 fully saturated rings. The van der Waals surface area contributed by atoms with Crippen molar-refractivity contribution in [2.45, 2.75) is 27.4 Å². The molecule has 4 nitrogen and oxygen atoms in total. The predicted octanol–water partition coefficient (Wildman–Crippen LogP) is 3.02. The van der Waals surface area contributed by atoms with Crippen LogP contribution in [0.3, 0.4) is 0 Å². The molecular formula is C16H20N4. The number of aryl methyl sites for hydroxylation is 3. The molecule has 0 saturated heterocycles. The summed E-state index contributed by atoms with van der Waals surface area (Å²) in [7, 11) is 0. The SMILES string of the molecule is Cc1cc(C)c(N2C=CN(Cn3cccn3)C2)c(C)c1. The van der Waals surface area contributed by atoms with Crippen molar-refractivity contribution in [1.82, 2.24) is 14.7 Å². The lowest BCUT2D eigenvalue weighted by molar-refractivity contribution is 0.309. The highest BCUT2D eigenvalue weighted by Gasteiger charge is 2.17. The third-order valence-electron chi connectivity index (χ3n) is 3.60. The molecule has 0 aliphatic carbocycles. The number of hydrogen-bond donors (Lipinski definition) is 0. The van der Waals surface area contributed by atoms with Crippen LogP contribution in [0, 0.1) is 20.8 Å². The lowest BCUT2D eigenvalue weighted by atomic mass is 10.0. The number of anilines is 1. The third kappa shape index (κ3) is 2.41. The van der Waals surface area contributed by atoms with Crippen molar-refractivity contribution in [3.63, 3.8) is 0 Å². The Labute approximate surface area is 119 Å². The minimum atomic E-state index is 0.782. The highest BCUT2D eigenvalue weighted by molar-refractivity contribution is 5.62. The maximum Gasteiger partial charge on any atom is 0.113 e. The van der Waals surface area contributed by atoms with Gasteiger partial charge in [-0.15, -0.1) is 0 Å². The van der Waals surface area contributed by atoms with Crippen molar-refractivity contribution < 1.29 is 0 Å². The summed E-state index contributed by atoms with van der Waals surface area (Å²) in [4.78, 5) is 4.54. The van der Waals surface area contributed by atoms with Crippen molar-refractivity contribution in [2.24, 2.45) is 0 Å². The van der Waals surface area contributed by atoms with E-state index in [0.717, 1.165) is 13.3 Å². The fraction of sp³-hybridized carbons (Fsp3) is 0.312. The van der Waals surface area contributed by atoms with Gasteiger partial charge in [0.25, 0.3) is 0 Å². The number of benzene rings is 1. The van der Waals surface area contributed by atoms with E-state index in [1.54, 1.807) is 0 Å². The van der Waals surface area contributed by atoms with E-state index in [-0.39, 0.29) is 0 Å². The minimum absolute atomic E-state index is 0.782. The van der Waals surface area contributed by atoms with Crippen LogP contribution in [-0.4, -0.2) is 21.3 Å². The van der Waals surface area contributed by atoms with Crippen LogP contribution in [0.5, 0.6) is 0 Å². The largest absolute Gasteiger partial charge is 0.339 e. The van der Waals surface area contributed by atoms with Gasteiger partial charge in [-0.1, -0.05) is 17.7 Å². The first-order valence-corrected chi connectivity index (χ1v) is 6.88. The van der Waals surface area contributed by atoms with Gasteiger partial charge in [-0.05, 0) is 38.0 Å². The topological polar surface area (TPSA) is 24.3 Å². The third-order valence-corrected chi connectivity index (χ3v) is 3.60. The Hall–Kier alpha value is -2.23. The number of aromatic nitrogens is 2. The zero-order valence-electron chi connectivity index (χ0n) is 12.2. The van der Waals surface area contributed by atoms with E-state index >= 15 is 0 Å². The molecule has 3 rings (SSSR count). The molecule has 2 aromatic rings. The van der Waals surface area contributed by atoms with Crippen LogP contribution < -0.4 is 4.90 Å². The molecule has 1 aromatic heterocycles. The van der Waals surface area contributed by atoms with Gasteiger partial charge in [-0.25, -0.2) is 0 Å². The molecule has 0 radical (unpaired) electrons. The predicted molar refractivity (Wildman–Crippen MR) is 81.2 cm³/mol. The van der Waals surface area contributed by atoms with Gasteiger partial charge in [0.15, 0.2) is 0 Å². The van der Waals surface area contributed by atoms with Crippen LogP contribution >= 0.6 is 0 Å². The molecule has 104 valence electrons. The molecule has 0 saturated carbocycles. The van der Waals surface area contributed by atoms with Crippen molar-refractivity contribution in [2.75, 3.05) is 11.6 Å². The Morgan fingerprint density at radius 3 is 2.50 bits per heavy atom. The van der Waals surface area contributed by atoms with E-state index < -0.39 is 0 Å². The maximum absolute atomic E-state index is 4.25. The van der Waals surface area contributed by atoms with E-state index in [0.29, 0.717) is 0 Å². The zero-order chi connectivity index (χ0) is 14.1. The van der Waals surface area contributed by atoms with Gasteiger partial charge in [-0.2, -0.15) is 5.10 Å². The summed E-state index contributed by atoms with van der Waals surface area (Å²) < 4.78 is 1.93. The van der Waals surface area contributed by atoms with Crippen molar-refractivity contribution in [3.05, 3.63) is 59.7 Å². The number of hydrogen-bond acceptors (Lipinski definition) is 3. The van der Waals surface area contributed by atoms with Gasteiger partial charge in [0.2, 0.25) is 0 Å². The van der Waals surface area contributed by atoms with E-state index in [4.69, 9.17) is 0 Å². The van der Waals surface area contributed by atoms with Crippen LogP contribution in [-0.2, 0) is 6.67 Å². The van der Waals surface area contributed by atoms with Crippen molar-refractivity contribution >= 4 is 5.69 Å². The molecule has 0 amide bonds. The van der Waals surface area contributed by atoms with E-state index in [2.05, 4.69) is 60.2 Å². The molecule has 0 N–H and O–H groups in total. The number of rotatable bonds is 3. The molecule has 0 spiro atoms. The lowest BCUT2D eigenvalue weighted by Gasteiger charge is -2.24. The highest BCUT2D eigenvalue weighted by atomic mass is 15.4. The average molecular weight is 268 g/mol. The molecular weight excluding hydrogens is 248 g/mol.